The lowest BCUT2D eigenvalue weighted by Gasteiger charge is -2.34. The monoisotopic (exact) mass is 362 g/mol. The number of piperazine rings is 1. The molecule has 1 fully saturated rings. The van der Waals surface area contributed by atoms with Gasteiger partial charge in [-0.1, -0.05) is 6.07 Å². The molecular weight excluding hydrogens is 342 g/mol. The topological polar surface area (TPSA) is 111 Å². The van der Waals surface area contributed by atoms with E-state index in [2.05, 4.69) is 30.2 Å². The van der Waals surface area contributed by atoms with E-state index in [9.17, 15) is 4.79 Å². The highest BCUT2D eigenvalue weighted by molar-refractivity contribution is 6.10. The van der Waals surface area contributed by atoms with Crippen molar-refractivity contribution in [2.45, 2.75) is 12.5 Å². The van der Waals surface area contributed by atoms with Crippen LogP contribution in [0.15, 0.2) is 49.1 Å². The Morgan fingerprint density at radius 1 is 1.30 bits per heavy atom. The first kappa shape index (κ1) is 17.2. The van der Waals surface area contributed by atoms with Gasteiger partial charge in [0.1, 0.15) is 11.5 Å². The van der Waals surface area contributed by atoms with Gasteiger partial charge in [0.25, 0.3) is 0 Å². The van der Waals surface area contributed by atoms with E-state index in [-0.39, 0.29) is 23.2 Å². The quantitative estimate of drug-likeness (QED) is 0.663. The van der Waals surface area contributed by atoms with Crippen molar-refractivity contribution in [3.05, 3.63) is 66.0 Å². The summed E-state index contributed by atoms with van der Waals surface area (Å²) in [6, 6.07) is 8.98. The van der Waals surface area contributed by atoms with Gasteiger partial charge in [0, 0.05) is 50.2 Å². The Morgan fingerprint density at radius 3 is 3.04 bits per heavy atom. The second kappa shape index (κ2) is 7.55. The Hall–Kier alpha value is -3.26. The number of rotatable bonds is 5. The van der Waals surface area contributed by atoms with Crippen molar-refractivity contribution in [1.29, 1.82) is 0 Å². The van der Waals surface area contributed by atoms with Crippen molar-refractivity contribution >= 4 is 17.4 Å². The van der Waals surface area contributed by atoms with Crippen LogP contribution < -0.4 is 16.0 Å². The predicted molar refractivity (Wildman–Crippen MR) is 101 cm³/mol. The van der Waals surface area contributed by atoms with Gasteiger partial charge in [-0.05, 0) is 24.3 Å². The van der Waals surface area contributed by atoms with E-state index in [0.29, 0.717) is 5.69 Å². The molecule has 0 saturated carbocycles. The molecule has 0 aliphatic carbocycles. The van der Waals surface area contributed by atoms with Gasteiger partial charge >= 0.3 is 0 Å². The lowest BCUT2D eigenvalue weighted by molar-refractivity contribution is 0.103. The van der Waals surface area contributed by atoms with Crippen LogP contribution in [0.1, 0.15) is 21.7 Å². The first-order valence-electron chi connectivity index (χ1n) is 8.84. The molecule has 1 atom stereocenters. The van der Waals surface area contributed by atoms with E-state index in [1.807, 2.05) is 18.3 Å². The van der Waals surface area contributed by atoms with Gasteiger partial charge in [-0.15, -0.1) is 0 Å². The number of hydrogen-bond acceptors (Lipinski definition) is 6. The molecule has 0 spiro atoms. The van der Waals surface area contributed by atoms with Crippen molar-refractivity contribution in [2.75, 3.05) is 24.5 Å². The average Bonchev–Trinajstić information content (AvgIpc) is 3.21. The highest BCUT2D eigenvalue weighted by atomic mass is 16.1. The Bertz CT molecular complexity index is 925. The number of nitrogens with one attached hydrogen (secondary N) is 3. The fraction of sp³-hybridized carbons (Fsp3) is 0.263. The summed E-state index contributed by atoms with van der Waals surface area (Å²) in [7, 11) is 0. The summed E-state index contributed by atoms with van der Waals surface area (Å²) in [6.07, 6.45) is 5.88. The lowest BCUT2D eigenvalue weighted by atomic mass is 10.1. The van der Waals surface area contributed by atoms with Crippen LogP contribution in [-0.4, -0.2) is 51.4 Å². The van der Waals surface area contributed by atoms with Crippen LogP contribution in [0.5, 0.6) is 0 Å². The summed E-state index contributed by atoms with van der Waals surface area (Å²) < 4.78 is 0. The maximum Gasteiger partial charge on any atom is 0.215 e. The molecule has 1 aliphatic rings. The summed E-state index contributed by atoms with van der Waals surface area (Å²) in [4.78, 5) is 30.5. The summed E-state index contributed by atoms with van der Waals surface area (Å²) in [5.74, 6) is 0.461. The van der Waals surface area contributed by atoms with E-state index in [0.717, 1.165) is 37.6 Å². The molecule has 137 valence electrons. The van der Waals surface area contributed by atoms with Gasteiger partial charge in [-0.3, -0.25) is 10.5 Å². The van der Waals surface area contributed by atoms with Crippen LogP contribution >= 0.6 is 0 Å². The zero-order valence-electron chi connectivity index (χ0n) is 14.7. The largest absolute Gasteiger partial charge is 0.354 e. The maximum absolute atomic E-state index is 12.7. The highest BCUT2D eigenvalue weighted by Gasteiger charge is 2.22. The number of imidazole rings is 1. The lowest BCUT2D eigenvalue weighted by Crippen LogP contribution is -2.52. The van der Waals surface area contributed by atoms with Gasteiger partial charge < -0.3 is 15.2 Å². The van der Waals surface area contributed by atoms with Crippen molar-refractivity contribution in [2.24, 2.45) is 0 Å². The molecule has 0 bridgehead atoms. The van der Waals surface area contributed by atoms with E-state index in [1.165, 1.54) is 6.20 Å². The molecule has 3 N–H and O–H groups in total. The maximum atomic E-state index is 12.7. The average molecular weight is 362 g/mol. The minimum atomic E-state index is -0.279. The first-order valence-corrected chi connectivity index (χ1v) is 8.84. The number of hydrogen-bond donors (Lipinski definition) is 2. The van der Waals surface area contributed by atoms with E-state index < -0.39 is 0 Å². The first-order chi connectivity index (χ1) is 13.2. The van der Waals surface area contributed by atoms with E-state index >= 15 is 0 Å². The smallest absolute Gasteiger partial charge is 0.215 e. The fourth-order valence-electron chi connectivity index (χ4n) is 3.28. The third kappa shape index (κ3) is 3.80. The summed E-state index contributed by atoms with van der Waals surface area (Å²) in [6.45, 7) is 2.46. The number of pyridine rings is 2. The van der Waals surface area contributed by atoms with Crippen LogP contribution in [-0.2, 0) is 6.42 Å². The number of ketones is 1. The zero-order chi connectivity index (χ0) is 18.6. The summed E-state index contributed by atoms with van der Waals surface area (Å²) in [5.41, 5.74) is 9.52. The van der Waals surface area contributed by atoms with Gasteiger partial charge in [-0.2, -0.15) is 0 Å². The van der Waals surface area contributed by atoms with Crippen LogP contribution in [0.2, 0.25) is 0 Å². The molecule has 4 rings (SSSR count). The molecule has 0 amide bonds. The molecule has 0 aromatic carbocycles. The van der Waals surface area contributed by atoms with Gasteiger partial charge in [0.2, 0.25) is 5.78 Å². The molecule has 1 radical (unpaired) electrons. The predicted octanol–water partition coefficient (Wildman–Crippen LogP) is 1.37. The minimum Gasteiger partial charge on any atom is -0.354 e. The van der Waals surface area contributed by atoms with Crippen LogP contribution in [0.4, 0.5) is 11.6 Å². The fourth-order valence-corrected chi connectivity index (χ4v) is 3.28. The number of H-pyrrole nitrogens is 1. The molecule has 8 nitrogen and oxygen atoms in total. The number of anilines is 1. The molecule has 1 saturated heterocycles. The third-order valence-corrected chi connectivity index (χ3v) is 4.62. The normalized spacial score (nSPS) is 17.0. The molecule has 3 aromatic rings. The Labute approximate surface area is 156 Å². The van der Waals surface area contributed by atoms with Crippen LogP contribution in [0, 0.1) is 0 Å². The number of nitrogens with zero attached hydrogens (tertiary/aromatic N) is 4. The Kier molecular flexibility index (Phi) is 4.80. The number of carbonyl (C=O) groups is 1. The number of aromatic nitrogens is 4. The second-order valence-electron chi connectivity index (χ2n) is 6.49. The van der Waals surface area contributed by atoms with Crippen molar-refractivity contribution in [1.82, 2.24) is 31.0 Å². The SMILES string of the molecule is [NH]c1ncccc1C(=O)c1cccc(N2CCNC(Cc3cnc[nH]3)C2)n1. The second-order valence-corrected chi connectivity index (χ2v) is 6.49. The molecule has 1 unspecified atom stereocenters. The Balaban J connectivity index is 1.51. The number of carbonyl (C=O) groups excluding carboxylic acids is 1. The number of aromatic amines is 1. The van der Waals surface area contributed by atoms with Gasteiger partial charge in [0.05, 0.1) is 11.9 Å². The zero-order valence-corrected chi connectivity index (χ0v) is 14.7. The molecule has 27 heavy (non-hydrogen) atoms. The van der Waals surface area contributed by atoms with Crippen LogP contribution in [0.25, 0.3) is 0 Å². The van der Waals surface area contributed by atoms with Crippen molar-refractivity contribution < 1.29 is 4.79 Å². The molecule has 8 heteroatoms. The summed E-state index contributed by atoms with van der Waals surface area (Å²) in [5, 5.41) is 3.51. The van der Waals surface area contributed by atoms with Crippen molar-refractivity contribution in [3.8, 4) is 0 Å². The molecular formula is C19H20N7O. The van der Waals surface area contributed by atoms with Crippen LogP contribution in [0.3, 0.4) is 0 Å². The standard InChI is InChI=1S/C19H20N7O/c20-19-15(3-2-6-23-19)18(27)16-4-1-5-17(25-16)26-8-7-22-14(11-26)9-13-10-21-12-24-13/h1-6,10,12,14,20,22H,7-9,11H2,(H,21,24). The third-order valence-electron chi connectivity index (χ3n) is 4.62. The molecule has 1 aliphatic heterocycles. The molecule has 3 aromatic heterocycles. The van der Waals surface area contributed by atoms with E-state index in [1.54, 1.807) is 24.5 Å². The minimum absolute atomic E-state index is 0.0310. The highest BCUT2D eigenvalue weighted by Crippen LogP contribution is 2.19. The van der Waals surface area contributed by atoms with Gasteiger partial charge in [0.15, 0.2) is 5.82 Å². The summed E-state index contributed by atoms with van der Waals surface area (Å²) >= 11 is 0. The Morgan fingerprint density at radius 2 is 2.22 bits per heavy atom. The van der Waals surface area contributed by atoms with Crippen molar-refractivity contribution in [3.63, 3.8) is 0 Å². The molecule has 4 heterocycles. The van der Waals surface area contributed by atoms with Gasteiger partial charge in [-0.25, -0.2) is 15.0 Å². The van der Waals surface area contributed by atoms with E-state index in [4.69, 9.17) is 5.73 Å².